The molecule has 1 aliphatic heterocycles. The number of aliphatic hydroxyl groups excluding tert-OH is 1. The van der Waals surface area contributed by atoms with Gasteiger partial charge in [-0.05, 0) is 52.6 Å². The van der Waals surface area contributed by atoms with Crippen molar-refractivity contribution >= 4 is 0 Å². The zero-order valence-electron chi connectivity index (χ0n) is 11.1. The predicted octanol–water partition coefficient (Wildman–Crippen LogP) is 1.61. The van der Waals surface area contributed by atoms with Gasteiger partial charge in [-0.3, -0.25) is 0 Å². The van der Waals surface area contributed by atoms with Gasteiger partial charge in [0, 0.05) is 18.1 Å². The van der Waals surface area contributed by atoms with Gasteiger partial charge >= 0.3 is 0 Å². The third kappa shape index (κ3) is 4.04. The molecule has 0 spiro atoms. The summed E-state index contributed by atoms with van der Waals surface area (Å²) in [5.74, 6) is 0. The van der Waals surface area contributed by atoms with Crippen LogP contribution in [0.2, 0.25) is 0 Å². The predicted molar refractivity (Wildman–Crippen MR) is 68.7 cm³/mol. The van der Waals surface area contributed by atoms with Crippen LogP contribution in [0.1, 0.15) is 46.5 Å². The van der Waals surface area contributed by atoms with E-state index < -0.39 is 0 Å². The molecule has 1 rings (SSSR count). The number of likely N-dealkylation sites (tertiary alicyclic amines) is 1. The van der Waals surface area contributed by atoms with Crippen LogP contribution < -0.4 is 5.32 Å². The molecule has 0 saturated carbocycles. The van der Waals surface area contributed by atoms with Crippen LogP contribution in [0.5, 0.6) is 0 Å². The lowest BCUT2D eigenvalue weighted by Crippen LogP contribution is -2.48. The van der Waals surface area contributed by atoms with Gasteiger partial charge in [-0.15, -0.1) is 0 Å². The van der Waals surface area contributed by atoms with Gasteiger partial charge in [-0.1, -0.05) is 6.92 Å². The van der Waals surface area contributed by atoms with Crippen molar-refractivity contribution in [3.8, 4) is 0 Å². The van der Waals surface area contributed by atoms with Crippen LogP contribution in [-0.4, -0.2) is 47.8 Å². The van der Waals surface area contributed by atoms with E-state index in [1.54, 1.807) is 0 Å². The van der Waals surface area contributed by atoms with Crippen molar-refractivity contribution in [1.82, 2.24) is 10.2 Å². The van der Waals surface area contributed by atoms with Gasteiger partial charge in [0.15, 0.2) is 0 Å². The second kappa shape index (κ2) is 6.58. The summed E-state index contributed by atoms with van der Waals surface area (Å²) in [7, 11) is 0. The van der Waals surface area contributed by atoms with Crippen LogP contribution in [0.15, 0.2) is 0 Å². The number of aliphatic hydroxyl groups is 1. The van der Waals surface area contributed by atoms with Crippen LogP contribution in [0.4, 0.5) is 0 Å². The molecule has 0 radical (unpaired) electrons. The molecule has 0 aromatic carbocycles. The SMILES string of the molecule is CCCNC(C)(CO)CCN1CCCC1C. The van der Waals surface area contributed by atoms with E-state index in [9.17, 15) is 5.11 Å². The molecule has 2 atom stereocenters. The van der Waals surface area contributed by atoms with Gasteiger partial charge in [0.2, 0.25) is 0 Å². The summed E-state index contributed by atoms with van der Waals surface area (Å²) in [6.45, 7) is 10.2. The fourth-order valence-corrected chi connectivity index (χ4v) is 2.37. The standard InChI is InChI=1S/C13H28N2O/c1-4-8-14-13(3,11-16)7-10-15-9-5-6-12(15)2/h12,14,16H,4-11H2,1-3H3. The average Bonchev–Trinajstić information content (AvgIpc) is 2.70. The van der Waals surface area contributed by atoms with Crippen molar-refractivity contribution in [2.24, 2.45) is 0 Å². The lowest BCUT2D eigenvalue weighted by atomic mass is 9.98. The Morgan fingerprint density at radius 3 is 2.75 bits per heavy atom. The molecule has 2 N–H and O–H groups in total. The summed E-state index contributed by atoms with van der Waals surface area (Å²) >= 11 is 0. The molecule has 0 aromatic heterocycles. The molecule has 0 bridgehead atoms. The van der Waals surface area contributed by atoms with Gasteiger partial charge in [-0.2, -0.15) is 0 Å². The van der Waals surface area contributed by atoms with Crippen molar-refractivity contribution in [1.29, 1.82) is 0 Å². The first-order chi connectivity index (χ1) is 7.61. The molecule has 3 nitrogen and oxygen atoms in total. The second-order valence-electron chi connectivity index (χ2n) is 5.42. The van der Waals surface area contributed by atoms with Gasteiger partial charge in [0.1, 0.15) is 0 Å². The van der Waals surface area contributed by atoms with E-state index in [1.807, 2.05) is 0 Å². The molecule has 1 fully saturated rings. The first-order valence-corrected chi connectivity index (χ1v) is 6.71. The minimum absolute atomic E-state index is 0.0989. The third-order valence-corrected chi connectivity index (χ3v) is 3.79. The molecule has 1 heterocycles. The number of nitrogens with zero attached hydrogens (tertiary/aromatic N) is 1. The van der Waals surface area contributed by atoms with Crippen molar-refractivity contribution in [2.75, 3.05) is 26.2 Å². The quantitative estimate of drug-likeness (QED) is 0.695. The number of hydrogen-bond donors (Lipinski definition) is 2. The largest absolute Gasteiger partial charge is 0.394 e. The van der Waals surface area contributed by atoms with E-state index in [4.69, 9.17) is 0 Å². The molecule has 1 saturated heterocycles. The normalized spacial score (nSPS) is 25.9. The fraction of sp³-hybridized carbons (Fsp3) is 1.00. The van der Waals surface area contributed by atoms with Gasteiger partial charge in [-0.25, -0.2) is 0 Å². The Balaban J connectivity index is 2.32. The van der Waals surface area contributed by atoms with Gasteiger partial charge in [0.05, 0.1) is 6.61 Å². The zero-order chi connectivity index (χ0) is 12.0. The first kappa shape index (κ1) is 13.9. The van der Waals surface area contributed by atoms with E-state index in [0.29, 0.717) is 0 Å². The van der Waals surface area contributed by atoms with Crippen LogP contribution in [-0.2, 0) is 0 Å². The summed E-state index contributed by atoms with van der Waals surface area (Å²) in [6.07, 6.45) is 4.82. The molecule has 2 unspecified atom stereocenters. The molecule has 0 aliphatic carbocycles. The highest BCUT2D eigenvalue weighted by Gasteiger charge is 2.26. The Morgan fingerprint density at radius 2 is 2.25 bits per heavy atom. The maximum atomic E-state index is 9.47. The summed E-state index contributed by atoms with van der Waals surface area (Å²) in [4.78, 5) is 2.54. The molecule has 0 amide bonds. The van der Waals surface area contributed by atoms with E-state index in [1.165, 1.54) is 19.4 Å². The molecule has 0 aromatic rings. The smallest absolute Gasteiger partial charge is 0.0611 e. The number of hydrogen-bond acceptors (Lipinski definition) is 3. The number of rotatable bonds is 7. The number of nitrogens with one attached hydrogen (secondary N) is 1. The molecule has 1 aliphatic rings. The van der Waals surface area contributed by atoms with E-state index in [-0.39, 0.29) is 12.1 Å². The Bertz CT molecular complexity index is 198. The summed E-state index contributed by atoms with van der Waals surface area (Å²) in [6, 6.07) is 0.731. The van der Waals surface area contributed by atoms with Gasteiger partial charge < -0.3 is 15.3 Å². The Labute approximate surface area is 100 Å². The van der Waals surface area contributed by atoms with Gasteiger partial charge in [0.25, 0.3) is 0 Å². The van der Waals surface area contributed by atoms with Crippen molar-refractivity contribution in [3.63, 3.8) is 0 Å². The van der Waals surface area contributed by atoms with E-state index in [2.05, 4.69) is 31.0 Å². The lowest BCUT2D eigenvalue weighted by molar-refractivity contribution is 0.143. The highest BCUT2D eigenvalue weighted by molar-refractivity contribution is 4.85. The molecule has 96 valence electrons. The van der Waals surface area contributed by atoms with E-state index in [0.717, 1.165) is 32.0 Å². The Morgan fingerprint density at radius 1 is 1.50 bits per heavy atom. The Hall–Kier alpha value is -0.120. The average molecular weight is 228 g/mol. The summed E-state index contributed by atoms with van der Waals surface area (Å²) in [5, 5.41) is 12.9. The first-order valence-electron chi connectivity index (χ1n) is 6.71. The highest BCUT2D eigenvalue weighted by Crippen LogP contribution is 2.19. The fourth-order valence-electron chi connectivity index (χ4n) is 2.37. The van der Waals surface area contributed by atoms with Crippen molar-refractivity contribution in [2.45, 2.75) is 58.0 Å². The molecule has 16 heavy (non-hydrogen) atoms. The lowest BCUT2D eigenvalue weighted by Gasteiger charge is -2.32. The van der Waals surface area contributed by atoms with Crippen molar-refractivity contribution in [3.05, 3.63) is 0 Å². The topological polar surface area (TPSA) is 35.5 Å². The molecular formula is C13H28N2O. The van der Waals surface area contributed by atoms with Crippen LogP contribution in [0.25, 0.3) is 0 Å². The summed E-state index contributed by atoms with van der Waals surface area (Å²) < 4.78 is 0. The van der Waals surface area contributed by atoms with Crippen molar-refractivity contribution < 1.29 is 5.11 Å². The zero-order valence-corrected chi connectivity index (χ0v) is 11.1. The van der Waals surface area contributed by atoms with Crippen LogP contribution in [0, 0.1) is 0 Å². The van der Waals surface area contributed by atoms with Crippen LogP contribution in [0.3, 0.4) is 0 Å². The monoisotopic (exact) mass is 228 g/mol. The maximum Gasteiger partial charge on any atom is 0.0611 e. The maximum absolute atomic E-state index is 9.47. The van der Waals surface area contributed by atoms with Crippen LogP contribution >= 0.6 is 0 Å². The highest BCUT2D eigenvalue weighted by atomic mass is 16.3. The van der Waals surface area contributed by atoms with E-state index >= 15 is 0 Å². The second-order valence-corrected chi connectivity index (χ2v) is 5.42. The minimum Gasteiger partial charge on any atom is -0.394 e. The Kier molecular flexibility index (Phi) is 5.73. The third-order valence-electron chi connectivity index (χ3n) is 3.79. The molecular weight excluding hydrogens is 200 g/mol. The summed E-state index contributed by atoms with van der Waals surface area (Å²) in [5.41, 5.74) is -0.0989. The minimum atomic E-state index is -0.0989. The molecule has 3 heteroatoms.